The van der Waals surface area contributed by atoms with Gasteiger partial charge >= 0.3 is 0 Å². The first-order valence-corrected chi connectivity index (χ1v) is 10.9. The van der Waals surface area contributed by atoms with E-state index in [1.807, 2.05) is 36.4 Å². The molecule has 1 aliphatic rings. The van der Waals surface area contributed by atoms with Crippen LogP contribution in [0.2, 0.25) is 0 Å². The third-order valence-corrected chi connectivity index (χ3v) is 7.17. The quantitative estimate of drug-likeness (QED) is 0.426. The summed E-state index contributed by atoms with van der Waals surface area (Å²) in [6.45, 7) is 2.25. The number of rotatable bonds is 4. The lowest BCUT2D eigenvalue weighted by atomic mass is 9.87. The predicted octanol–water partition coefficient (Wildman–Crippen LogP) is 6.42. The summed E-state index contributed by atoms with van der Waals surface area (Å²) in [6.07, 6.45) is 4.59. The second-order valence-electron chi connectivity index (χ2n) is 7.68. The molecule has 2 aromatic heterocycles. The summed E-state index contributed by atoms with van der Waals surface area (Å²) in [5.74, 6) is 1.28. The molecule has 0 unspecified atom stereocenters. The van der Waals surface area contributed by atoms with Crippen molar-refractivity contribution < 1.29 is 13.9 Å². The van der Waals surface area contributed by atoms with Gasteiger partial charge in [0, 0.05) is 21.7 Å². The number of carbonyl (C=O) groups excluding carboxylic acids is 1. The Kier molecular flexibility index (Phi) is 4.55. The average molecular weight is 406 g/mol. The number of ether oxygens (including phenoxy) is 1. The molecule has 0 saturated heterocycles. The minimum atomic E-state index is -0.0915. The van der Waals surface area contributed by atoms with Crippen LogP contribution in [0.1, 0.15) is 39.9 Å². The molecule has 0 fully saturated rings. The minimum absolute atomic E-state index is 0.0915. The number of para-hydroxylation sites is 1. The molecule has 1 amide bonds. The molecule has 5 heteroatoms. The molecule has 1 N–H and O–H groups in total. The van der Waals surface area contributed by atoms with Crippen LogP contribution in [-0.2, 0) is 12.8 Å². The summed E-state index contributed by atoms with van der Waals surface area (Å²) in [4.78, 5) is 15.1. The first kappa shape index (κ1) is 18.3. The molecule has 1 aliphatic carbocycles. The van der Waals surface area contributed by atoms with Gasteiger partial charge in [0.1, 0.15) is 16.9 Å². The molecule has 0 spiro atoms. The Bertz CT molecular complexity index is 1220. The fraction of sp³-hybridized carbons (Fsp3) is 0.292. The number of methoxy groups -OCH3 is 1. The van der Waals surface area contributed by atoms with Crippen molar-refractivity contribution in [2.45, 2.75) is 32.6 Å². The van der Waals surface area contributed by atoms with Gasteiger partial charge in [-0.1, -0.05) is 31.5 Å². The minimum Gasteiger partial charge on any atom is -0.495 e. The number of anilines is 1. The Morgan fingerprint density at radius 1 is 1.21 bits per heavy atom. The van der Waals surface area contributed by atoms with Crippen LogP contribution in [0.25, 0.3) is 21.9 Å². The molecule has 148 valence electrons. The van der Waals surface area contributed by atoms with E-state index >= 15 is 0 Å². The van der Waals surface area contributed by atoms with Crippen LogP contribution in [0.4, 0.5) is 5.69 Å². The van der Waals surface area contributed by atoms with Gasteiger partial charge < -0.3 is 14.5 Å². The van der Waals surface area contributed by atoms with E-state index in [-0.39, 0.29) is 5.91 Å². The molecular weight excluding hydrogens is 382 g/mol. The number of aryl methyl sites for hydroxylation is 1. The van der Waals surface area contributed by atoms with Gasteiger partial charge in [-0.15, -0.1) is 11.3 Å². The highest BCUT2D eigenvalue weighted by molar-refractivity contribution is 7.14. The van der Waals surface area contributed by atoms with Gasteiger partial charge in [0.05, 0.1) is 17.7 Å². The van der Waals surface area contributed by atoms with Crippen molar-refractivity contribution in [3.05, 3.63) is 57.8 Å². The maximum absolute atomic E-state index is 13.0. The number of hydrogen-bond acceptors (Lipinski definition) is 4. The molecule has 0 bridgehead atoms. The molecule has 2 heterocycles. The normalized spacial score (nSPS) is 16.1. The zero-order valence-corrected chi connectivity index (χ0v) is 17.4. The van der Waals surface area contributed by atoms with E-state index in [1.165, 1.54) is 23.3 Å². The number of amides is 1. The number of hydrogen-bond donors (Lipinski definition) is 1. The van der Waals surface area contributed by atoms with Crippen molar-refractivity contribution in [1.29, 1.82) is 0 Å². The van der Waals surface area contributed by atoms with E-state index in [0.717, 1.165) is 45.6 Å². The predicted molar refractivity (Wildman–Crippen MR) is 118 cm³/mol. The van der Waals surface area contributed by atoms with Gasteiger partial charge in [0.15, 0.2) is 0 Å². The summed E-state index contributed by atoms with van der Waals surface area (Å²) in [7, 11) is 1.62. The van der Waals surface area contributed by atoms with Crippen molar-refractivity contribution in [1.82, 2.24) is 0 Å². The first-order valence-electron chi connectivity index (χ1n) is 10.1. The van der Waals surface area contributed by atoms with Gasteiger partial charge in [-0.3, -0.25) is 4.79 Å². The monoisotopic (exact) mass is 405 g/mol. The third-order valence-electron chi connectivity index (χ3n) is 5.93. The molecule has 5 rings (SSSR count). The van der Waals surface area contributed by atoms with E-state index < -0.39 is 0 Å². The van der Waals surface area contributed by atoms with E-state index in [4.69, 9.17) is 9.15 Å². The van der Waals surface area contributed by atoms with Gasteiger partial charge in [0.25, 0.3) is 5.91 Å². The van der Waals surface area contributed by atoms with Crippen LogP contribution >= 0.6 is 11.3 Å². The van der Waals surface area contributed by atoms with Gasteiger partial charge in [-0.2, -0.15) is 0 Å². The molecule has 1 atom stereocenters. The van der Waals surface area contributed by atoms with Crippen LogP contribution in [0, 0.1) is 5.92 Å². The Balaban J connectivity index is 1.47. The maximum Gasteiger partial charge on any atom is 0.265 e. The van der Waals surface area contributed by atoms with Crippen molar-refractivity contribution >= 4 is 44.9 Å². The zero-order chi connectivity index (χ0) is 20.0. The molecule has 0 saturated carbocycles. The number of fused-ring (bicyclic) bond motifs is 4. The lowest BCUT2D eigenvalue weighted by Gasteiger charge is -2.19. The van der Waals surface area contributed by atoms with Crippen LogP contribution < -0.4 is 10.1 Å². The zero-order valence-electron chi connectivity index (χ0n) is 16.6. The van der Waals surface area contributed by atoms with Gasteiger partial charge in [-0.05, 0) is 48.9 Å². The summed E-state index contributed by atoms with van der Waals surface area (Å²) < 4.78 is 11.5. The highest BCUT2D eigenvalue weighted by atomic mass is 32.1. The van der Waals surface area contributed by atoms with Crippen molar-refractivity contribution in [2.75, 3.05) is 12.4 Å². The Morgan fingerprint density at radius 3 is 2.90 bits per heavy atom. The number of carbonyl (C=O) groups is 1. The first-order chi connectivity index (χ1) is 14.2. The number of furan rings is 1. The van der Waals surface area contributed by atoms with Crippen LogP contribution in [-0.4, -0.2) is 13.0 Å². The second kappa shape index (κ2) is 7.23. The number of benzene rings is 2. The highest BCUT2D eigenvalue weighted by Gasteiger charge is 2.23. The van der Waals surface area contributed by atoms with Gasteiger partial charge in [-0.25, -0.2) is 0 Å². The molecule has 0 radical (unpaired) electrons. The Hall–Kier alpha value is -2.79. The van der Waals surface area contributed by atoms with E-state index in [9.17, 15) is 4.79 Å². The van der Waals surface area contributed by atoms with E-state index in [1.54, 1.807) is 18.4 Å². The van der Waals surface area contributed by atoms with Crippen molar-refractivity contribution in [2.24, 2.45) is 5.92 Å². The topological polar surface area (TPSA) is 51.5 Å². The van der Waals surface area contributed by atoms with Crippen LogP contribution in [0.3, 0.4) is 0 Å². The molecule has 2 aromatic carbocycles. The highest BCUT2D eigenvalue weighted by Crippen LogP contribution is 2.38. The summed E-state index contributed by atoms with van der Waals surface area (Å²) in [5.41, 5.74) is 3.53. The summed E-state index contributed by atoms with van der Waals surface area (Å²) >= 11 is 1.62. The van der Waals surface area contributed by atoms with Crippen LogP contribution in [0.5, 0.6) is 5.75 Å². The lowest BCUT2D eigenvalue weighted by Crippen LogP contribution is -2.11. The number of thiophene rings is 1. The van der Waals surface area contributed by atoms with Crippen molar-refractivity contribution in [3.63, 3.8) is 0 Å². The molecular formula is C24H23NO3S. The summed E-state index contributed by atoms with van der Waals surface area (Å²) in [5, 5.41) is 5.05. The standard InChI is InChI=1S/C24H23NO3S/c1-3-14-8-9-22-15(10-14)11-23(29-22)24(26)25-18-13-20-17(12-21(18)27-2)16-6-4-5-7-19(16)28-20/h4-7,11-14H,3,8-10H2,1-2H3,(H,25,26)/t14-/m0/s1. The van der Waals surface area contributed by atoms with Crippen molar-refractivity contribution in [3.8, 4) is 5.75 Å². The van der Waals surface area contributed by atoms with Crippen LogP contribution in [0.15, 0.2) is 46.9 Å². The fourth-order valence-corrected chi connectivity index (χ4v) is 5.37. The average Bonchev–Trinajstić information content (AvgIpc) is 3.33. The SMILES string of the molecule is CC[C@H]1CCc2sc(C(=O)Nc3cc4oc5ccccc5c4cc3OC)cc2C1. The lowest BCUT2D eigenvalue weighted by molar-refractivity contribution is 0.103. The molecule has 29 heavy (non-hydrogen) atoms. The number of nitrogens with one attached hydrogen (secondary N) is 1. The Labute approximate surface area is 173 Å². The van der Waals surface area contributed by atoms with E-state index in [0.29, 0.717) is 11.4 Å². The second-order valence-corrected chi connectivity index (χ2v) is 8.81. The van der Waals surface area contributed by atoms with E-state index in [2.05, 4.69) is 18.3 Å². The molecule has 0 aliphatic heterocycles. The Morgan fingerprint density at radius 2 is 2.07 bits per heavy atom. The van der Waals surface area contributed by atoms with Gasteiger partial charge in [0.2, 0.25) is 0 Å². The molecule has 4 aromatic rings. The summed E-state index contributed by atoms with van der Waals surface area (Å²) in [6, 6.07) is 13.8. The smallest absolute Gasteiger partial charge is 0.265 e. The molecule has 4 nitrogen and oxygen atoms in total. The maximum atomic E-state index is 13.0. The largest absolute Gasteiger partial charge is 0.495 e. The fourth-order valence-electron chi connectivity index (χ4n) is 4.26. The third kappa shape index (κ3) is 3.19.